The maximum atomic E-state index is 5.55. The monoisotopic (exact) mass is 206 g/mol. The van der Waals surface area contributed by atoms with Gasteiger partial charge in [0.25, 0.3) is 0 Å². The van der Waals surface area contributed by atoms with Crippen molar-refractivity contribution in [2.75, 3.05) is 0 Å². The number of fused-ring (bicyclic) bond motifs is 1. The fourth-order valence-corrected chi connectivity index (χ4v) is 3.41. The molecular formula is C12H18N2O. The minimum atomic E-state index is 0.555. The van der Waals surface area contributed by atoms with Crippen LogP contribution in [-0.4, -0.2) is 10.2 Å². The number of hydrogen-bond acceptors (Lipinski definition) is 3. The van der Waals surface area contributed by atoms with Crippen molar-refractivity contribution in [1.82, 2.24) is 10.2 Å². The summed E-state index contributed by atoms with van der Waals surface area (Å²) in [6.45, 7) is 1.87. The van der Waals surface area contributed by atoms with Gasteiger partial charge in [-0.05, 0) is 24.7 Å². The van der Waals surface area contributed by atoms with Crippen LogP contribution in [0.15, 0.2) is 4.42 Å². The van der Waals surface area contributed by atoms with E-state index in [0.29, 0.717) is 11.8 Å². The van der Waals surface area contributed by atoms with E-state index < -0.39 is 0 Å². The predicted octanol–water partition coefficient (Wildman–Crippen LogP) is 3.06. The van der Waals surface area contributed by atoms with E-state index in [4.69, 9.17) is 4.42 Å². The first-order valence-electron chi connectivity index (χ1n) is 6.13. The van der Waals surface area contributed by atoms with Crippen molar-refractivity contribution < 1.29 is 4.42 Å². The van der Waals surface area contributed by atoms with Crippen molar-refractivity contribution in [3.05, 3.63) is 11.8 Å². The van der Waals surface area contributed by atoms with Gasteiger partial charge in [-0.3, -0.25) is 0 Å². The van der Waals surface area contributed by atoms with Crippen LogP contribution in [-0.2, 0) is 0 Å². The Balaban J connectivity index is 1.74. The van der Waals surface area contributed by atoms with E-state index in [1.807, 2.05) is 6.92 Å². The Morgan fingerprint density at radius 3 is 2.27 bits per heavy atom. The van der Waals surface area contributed by atoms with Gasteiger partial charge in [-0.2, -0.15) is 0 Å². The van der Waals surface area contributed by atoms with Gasteiger partial charge in [0.2, 0.25) is 11.8 Å². The molecule has 82 valence electrons. The van der Waals surface area contributed by atoms with E-state index in [1.54, 1.807) is 0 Å². The van der Waals surface area contributed by atoms with Gasteiger partial charge >= 0.3 is 0 Å². The van der Waals surface area contributed by atoms with Crippen LogP contribution in [0.2, 0.25) is 0 Å². The Labute approximate surface area is 90.3 Å². The molecule has 1 heterocycles. The molecule has 0 aliphatic heterocycles. The van der Waals surface area contributed by atoms with Crippen molar-refractivity contribution in [2.24, 2.45) is 11.8 Å². The summed E-state index contributed by atoms with van der Waals surface area (Å²) in [4.78, 5) is 0. The molecule has 2 fully saturated rings. The molecule has 3 rings (SSSR count). The van der Waals surface area contributed by atoms with Gasteiger partial charge in [0, 0.05) is 12.8 Å². The summed E-state index contributed by atoms with van der Waals surface area (Å²) < 4.78 is 5.55. The second-order valence-corrected chi connectivity index (χ2v) is 5.13. The van der Waals surface area contributed by atoms with Crippen LogP contribution in [0.3, 0.4) is 0 Å². The van der Waals surface area contributed by atoms with Crippen LogP contribution in [0, 0.1) is 18.8 Å². The lowest BCUT2D eigenvalue weighted by atomic mass is 9.82. The second-order valence-electron chi connectivity index (χ2n) is 5.13. The number of hydrogen-bond donors (Lipinski definition) is 0. The van der Waals surface area contributed by atoms with Crippen LogP contribution in [0.5, 0.6) is 0 Å². The summed E-state index contributed by atoms with van der Waals surface area (Å²) >= 11 is 0. The number of nitrogens with zero attached hydrogens (tertiary/aromatic N) is 2. The highest BCUT2D eigenvalue weighted by Gasteiger charge is 2.38. The first-order valence-corrected chi connectivity index (χ1v) is 6.13. The minimum Gasteiger partial charge on any atom is -0.425 e. The SMILES string of the molecule is Cc1nnc(C2CC3CCCCC3C2)o1. The molecule has 1 aromatic heterocycles. The molecule has 3 heteroatoms. The third kappa shape index (κ3) is 1.68. The summed E-state index contributed by atoms with van der Waals surface area (Å²) in [5.74, 6) is 4.04. The van der Waals surface area contributed by atoms with Gasteiger partial charge in [0.15, 0.2) is 0 Å². The molecule has 2 saturated carbocycles. The molecule has 0 radical (unpaired) electrons. The third-order valence-electron chi connectivity index (χ3n) is 4.13. The standard InChI is InChI=1S/C12H18N2O/c1-8-13-14-12(15-8)11-6-9-4-2-3-5-10(9)7-11/h9-11H,2-7H2,1H3. The molecule has 0 spiro atoms. The summed E-state index contributed by atoms with van der Waals surface area (Å²) in [7, 11) is 0. The molecule has 0 aromatic carbocycles. The predicted molar refractivity (Wildman–Crippen MR) is 56.5 cm³/mol. The molecule has 1 aromatic rings. The van der Waals surface area contributed by atoms with E-state index in [1.165, 1.54) is 38.5 Å². The van der Waals surface area contributed by atoms with Gasteiger partial charge in [-0.1, -0.05) is 25.7 Å². The zero-order valence-corrected chi connectivity index (χ0v) is 9.28. The van der Waals surface area contributed by atoms with Crippen LogP contribution >= 0.6 is 0 Å². The smallest absolute Gasteiger partial charge is 0.219 e. The molecule has 2 aliphatic carbocycles. The van der Waals surface area contributed by atoms with Gasteiger partial charge in [0.05, 0.1) is 0 Å². The maximum absolute atomic E-state index is 5.55. The molecule has 0 amide bonds. The maximum Gasteiger partial charge on any atom is 0.219 e. The molecule has 15 heavy (non-hydrogen) atoms. The lowest BCUT2D eigenvalue weighted by Crippen LogP contribution is -2.12. The Morgan fingerprint density at radius 1 is 1.07 bits per heavy atom. The Kier molecular flexibility index (Phi) is 2.26. The van der Waals surface area contributed by atoms with Gasteiger partial charge < -0.3 is 4.42 Å². The molecule has 0 N–H and O–H groups in total. The van der Waals surface area contributed by atoms with Crippen molar-refractivity contribution in [3.63, 3.8) is 0 Å². The molecule has 3 nitrogen and oxygen atoms in total. The molecule has 2 unspecified atom stereocenters. The Morgan fingerprint density at radius 2 is 1.73 bits per heavy atom. The van der Waals surface area contributed by atoms with Gasteiger partial charge in [0.1, 0.15) is 0 Å². The van der Waals surface area contributed by atoms with Crippen LogP contribution < -0.4 is 0 Å². The zero-order valence-electron chi connectivity index (χ0n) is 9.28. The first-order chi connectivity index (χ1) is 7.33. The minimum absolute atomic E-state index is 0.555. The second kappa shape index (κ2) is 3.62. The quantitative estimate of drug-likeness (QED) is 0.708. The normalized spacial score (nSPS) is 35.4. The molecular weight excluding hydrogens is 188 g/mol. The van der Waals surface area contributed by atoms with E-state index in [2.05, 4.69) is 10.2 Å². The summed E-state index contributed by atoms with van der Waals surface area (Å²) in [5, 5.41) is 8.10. The van der Waals surface area contributed by atoms with Crippen LogP contribution in [0.4, 0.5) is 0 Å². The van der Waals surface area contributed by atoms with Crippen molar-refractivity contribution in [3.8, 4) is 0 Å². The molecule has 2 atom stereocenters. The number of aryl methyl sites for hydroxylation is 1. The fraction of sp³-hybridized carbons (Fsp3) is 0.833. The Bertz CT molecular complexity index is 333. The molecule has 2 aliphatic rings. The van der Waals surface area contributed by atoms with Crippen LogP contribution in [0.25, 0.3) is 0 Å². The highest BCUT2D eigenvalue weighted by atomic mass is 16.4. The first kappa shape index (κ1) is 9.37. The number of rotatable bonds is 1. The van der Waals surface area contributed by atoms with E-state index in [0.717, 1.165) is 17.7 Å². The molecule has 0 saturated heterocycles. The highest BCUT2D eigenvalue weighted by Crippen LogP contribution is 2.48. The Hall–Kier alpha value is -0.860. The summed E-state index contributed by atoms with van der Waals surface area (Å²) in [5.41, 5.74) is 0. The summed E-state index contributed by atoms with van der Waals surface area (Å²) in [6.07, 6.45) is 8.27. The van der Waals surface area contributed by atoms with Crippen molar-refractivity contribution in [1.29, 1.82) is 0 Å². The lowest BCUT2D eigenvalue weighted by Gasteiger charge is -2.24. The number of aromatic nitrogens is 2. The highest BCUT2D eigenvalue weighted by molar-refractivity contribution is 4.99. The average Bonchev–Trinajstić information content (AvgIpc) is 2.82. The fourth-order valence-electron chi connectivity index (χ4n) is 3.41. The average molecular weight is 206 g/mol. The van der Waals surface area contributed by atoms with E-state index >= 15 is 0 Å². The topological polar surface area (TPSA) is 38.9 Å². The van der Waals surface area contributed by atoms with E-state index in [-0.39, 0.29) is 0 Å². The third-order valence-corrected chi connectivity index (χ3v) is 4.13. The van der Waals surface area contributed by atoms with Crippen molar-refractivity contribution >= 4 is 0 Å². The van der Waals surface area contributed by atoms with Gasteiger partial charge in [-0.25, -0.2) is 0 Å². The largest absolute Gasteiger partial charge is 0.425 e. The zero-order chi connectivity index (χ0) is 10.3. The summed E-state index contributed by atoms with van der Waals surface area (Å²) in [6, 6.07) is 0. The van der Waals surface area contributed by atoms with Crippen LogP contribution in [0.1, 0.15) is 56.2 Å². The lowest BCUT2D eigenvalue weighted by molar-refractivity contribution is 0.277. The van der Waals surface area contributed by atoms with Gasteiger partial charge in [-0.15, -0.1) is 10.2 Å². The van der Waals surface area contributed by atoms with E-state index in [9.17, 15) is 0 Å². The van der Waals surface area contributed by atoms with Crippen molar-refractivity contribution in [2.45, 2.75) is 51.4 Å². The molecule has 0 bridgehead atoms.